The van der Waals surface area contributed by atoms with Crippen LogP contribution in [0.5, 0.6) is 0 Å². The normalized spacial score (nSPS) is 12.9. The van der Waals surface area contributed by atoms with Crippen molar-refractivity contribution in [3.63, 3.8) is 0 Å². The number of hydrogen-bond acceptors (Lipinski definition) is 7. The number of amides is 1. The van der Waals surface area contributed by atoms with Crippen LogP contribution in [0, 0.1) is 6.92 Å². The van der Waals surface area contributed by atoms with Crippen LogP contribution in [0.4, 0.5) is 23.1 Å². The summed E-state index contributed by atoms with van der Waals surface area (Å²) in [6, 6.07) is 7.87. The first kappa shape index (κ1) is 21.5. The second-order valence-electron chi connectivity index (χ2n) is 7.63. The summed E-state index contributed by atoms with van der Waals surface area (Å²) in [5, 5.41) is 19.3. The minimum Gasteiger partial charge on any atom is -0.394 e. The van der Waals surface area contributed by atoms with Gasteiger partial charge in [-0.2, -0.15) is 10.1 Å². The lowest BCUT2D eigenvalue weighted by Crippen LogP contribution is -2.21. The minimum atomic E-state index is -0.136. The highest BCUT2D eigenvalue weighted by molar-refractivity contribution is 5.99. The first-order valence-corrected chi connectivity index (χ1v) is 10.6. The van der Waals surface area contributed by atoms with E-state index in [4.69, 9.17) is 10.1 Å². The van der Waals surface area contributed by atoms with Gasteiger partial charge >= 0.3 is 0 Å². The molecule has 0 saturated carbocycles. The van der Waals surface area contributed by atoms with E-state index < -0.39 is 0 Å². The Morgan fingerprint density at radius 3 is 2.78 bits per heavy atom. The molecular weight excluding hydrogens is 406 g/mol. The van der Waals surface area contributed by atoms with Gasteiger partial charge in [-0.15, -0.1) is 0 Å². The van der Waals surface area contributed by atoms with Crippen molar-refractivity contribution in [1.29, 1.82) is 0 Å². The average Bonchev–Trinajstić information content (AvgIpc) is 3.37. The highest BCUT2D eigenvalue weighted by atomic mass is 16.3. The number of aryl methyl sites for hydroxylation is 1. The summed E-state index contributed by atoms with van der Waals surface area (Å²) in [6.45, 7) is 5.90. The Morgan fingerprint density at radius 2 is 2.03 bits per heavy atom. The van der Waals surface area contributed by atoms with Crippen molar-refractivity contribution in [2.24, 2.45) is 0 Å². The van der Waals surface area contributed by atoms with Crippen LogP contribution in [0.1, 0.15) is 23.7 Å². The van der Waals surface area contributed by atoms with Crippen LogP contribution in [0.3, 0.4) is 0 Å². The van der Waals surface area contributed by atoms with Gasteiger partial charge in [0.1, 0.15) is 5.82 Å². The average molecular weight is 434 g/mol. The van der Waals surface area contributed by atoms with Crippen molar-refractivity contribution < 1.29 is 9.90 Å². The van der Waals surface area contributed by atoms with Crippen molar-refractivity contribution in [3.8, 4) is 0 Å². The van der Waals surface area contributed by atoms with E-state index >= 15 is 0 Å². The van der Waals surface area contributed by atoms with Crippen molar-refractivity contribution in [3.05, 3.63) is 65.6 Å². The lowest BCUT2D eigenvalue weighted by Gasteiger charge is -2.19. The van der Waals surface area contributed by atoms with Gasteiger partial charge in [-0.05, 0) is 44.0 Å². The van der Waals surface area contributed by atoms with Gasteiger partial charge in [0.15, 0.2) is 0 Å². The Hall–Kier alpha value is -3.72. The molecule has 1 aliphatic rings. The van der Waals surface area contributed by atoms with Crippen LogP contribution in [-0.2, 0) is 24.3 Å². The molecule has 0 saturated heterocycles. The lowest BCUT2D eigenvalue weighted by molar-refractivity contribution is -0.111. The van der Waals surface area contributed by atoms with Crippen molar-refractivity contribution in [2.75, 3.05) is 28.7 Å². The number of aliphatic hydroxyl groups excluding tert-OH is 1. The van der Waals surface area contributed by atoms with Crippen molar-refractivity contribution >= 4 is 29.0 Å². The number of fused-ring (bicyclic) bond motifs is 1. The summed E-state index contributed by atoms with van der Waals surface area (Å²) < 4.78 is 1.67. The molecule has 0 bridgehead atoms. The predicted molar refractivity (Wildman–Crippen MR) is 124 cm³/mol. The maximum atomic E-state index is 11.7. The Bertz CT molecular complexity index is 1120. The van der Waals surface area contributed by atoms with E-state index in [1.54, 1.807) is 17.0 Å². The summed E-state index contributed by atoms with van der Waals surface area (Å²) in [5.41, 5.74) is 4.81. The first-order valence-electron chi connectivity index (χ1n) is 10.6. The highest BCUT2D eigenvalue weighted by Crippen LogP contribution is 2.31. The fraction of sp³-hybridized carbons (Fsp3) is 0.304. The first-order chi connectivity index (χ1) is 15.6. The minimum absolute atomic E-state index is 0.0354. The molecule has 9 heteroatoms. The third-order valence-electron chi connectivity index (χ3n) is 5.25. The van der Waals surface area contributed by atoms with Crippen LogP contribution in [0.15, 0.2) is 48.8 Å². The second-order valence-corrected chi connectivity index (χ2v) is 7.63. The van der Waals surface area contributed by atoms with Crippen LogP contribution in [0.2, 0.25) is 0 Å². The van der Waals surface area contributed by atoms with E-state index in [9.17, 15) is 4.79 Å². The Morgan fingerprint density at radius 1 is 1.22 bits per heavy atom. The molecule has 0 spiro atoms. The number of nitrogens with zero attached hydrogens (tertiary/aromatic N) is 5. The molecule has 1 aliphatic heterocycles. The molecule has 3 aromatic rings. The van der Waals surface area contributed by atoms with E-state index in [0.29, 0.717) is 12.5 Å². The number of carbonyl (C=O) groups is 1. The molecule has 1 amide bonds. The second kappa shape index (κ2) is 9.61. The van der Waals surface area contributed by atoms with Gasteiger partial charge in [-0.1, -0.05) is 18.2 Å². The zero-order chi connectivity index (χ0) is 22.5. The van der Waals surface area contributed by atoms with Gasteiger partial charge in [-0.25, -0.2) is 4.98 Å². The third kappa shape index (κ3) is 4.94. The van der Waals surface area contributed by atoms with E-state index in [-0.39, 0.29) is 12.5 Å². The van der Waals surface area contributed by atoms with E-state index in [0.717, 1.165) is 48.0 Å². The molecule has 9 nitrogen and oxygen atoms in total. The smallest absolute Gasteiger partial charge is 0.248 e. The molecule has 0 unspecified atom stereocenters. The highest BCUT2D eigenvalue weighted by Gasteiger charge is 2.24. The summed E-state index contributed by atoms with van der Waals surface area (Å²) >= 11 is 0. The van der Waals surface area contributed by atoms with E-state index in [1.807, 2.05) is 44.3 Å². The fourth-order valence-electron chi connectivity index (χ4n) is 3.73. The van der Waals surface area contributed by atoms with Gasteiger partial charge in [0.05, 0.1) is 25.0 Å². The predicted octanol–water partition coefficient (Wildman–Crippen LogP) is 2.79. The van der Waals surface area contributed by atoms with Gasteiger partial charge < -0.3 is 20.6 Å². The molecule has 1 aromatic carbocycles. The number of aromatic nitrogens is 4. The van der Waals surface area contributed by atoms with Crippen LogP contribution in [-0.4, -0.2) is 43.9 Å². The molecular formula is C23H27N7O2. The topological polar surface area (TPSA) is 108 Å². The molecule has 0 atom stereocenters. The Balaban J connectivity index is 1.47. The van der Waals surface area contributed by atoms with Crippen molar-refractivity contribution in [2.45, 2.75) is 33.4 Å². The maximum Gasteiger partial charge on any atom is 0.248 e. The number of allylic oxidation sites excluding steroid dienone is 1. The molecule has 2 aromatic heterocycles. The zero-order valence-corrected chi connectivity index (χ0v) is 18.2. The number of carbonyl (C=O) groups excluding carboxylic acids is 1. The number of hydrogen-bond donors (Lipinski definition) is 3. The van der Waals surface area contributed by atoms with E-state index in [1.165, 1.54) is 11.6 Å². The number of benzene rings is 1. The van der Waals surface area contributed by atoms with Crippen LogP contribution in [0.25, 0.3) is 0 Å². The van der Waals surface area contributed by atoms with Gasteiger partial charge in [0.2, 0.25) is 11.9 Å². The number of rotatable bonds is 8. The van der Waals surface area contributed by atoms with Gasteiger partial charge in [-0.3, -0.25) is 9.48 Å². The summed E-state index contributed by atoms with van der Waals surface area (Å²) in [5.74, 6) is 1.33. The fourth-order valence-corrected chi connectivity index (χ4v) is 3.73. The molecule has 0 radical (unpaired) electrons. The maximum absolute atomic E-state index is 11.7. The molecule has 0 aliphatic carbocycles. The summed E-state index contributed by atoms with van der Waals surface area (Å²) in [7, 11) is 0. The molecule has 32 heavy (non-hydrogen) atoms. The summed E-state index contributed by atoms with van der Waals surface area (Å²) in [4.78, 5) is 23.3. The third-order valence-corrected chi connectivity index (χ3v) is 5.25. The lowest BCUT2D eigenvalue weighted by atomic mass is 10.2. The molecule has 0 fully saturated rings. The standard InChI is InChI=1S/C23H27N7O2/c1-3-4-21(32)26-18-7-5-17(6-8-18)14-29-10-9-20-16(2)25-23(28-22(20)29)27-19-13-24-30(15-19)11-12-31/h3-8,13,15,31H,9-12,14H2,1-2H3,(H,26,32)(H,25,27,28)/b4-3+. The monoisotopic (exact) mass is 433 g/mol. The SMILES string of the molecule is C/C=C/C(=O)Nc1ccc(CN2CCc3c(C)nc(Nc4cnn(CCO)c4)nc32)cc1. The molecule has 3 N–H and O–H groups in total. The Labute approximate surface area is 186 Å². The van der Waals surface area contributed by atoms with Gasteiger partial charge in [0, 0.05) is 36.2 Å². The van der Waals surface area contributed by atoms with Crippen molar-refractivity contribution in [1.82, 2.24) is 19.7 Å². The van der Waals surface area contributed by atoms with E-state index in [2.05, 4.69) is 25.6 Å². The van der Waals surface area contributed by atoms with Gasteiger partial charge in [0.25, 0.3) is 0 Å². The number of nitrogens with one attached hydrogen (secondary N) is 2. The van der Waals surface area contributed by atoms with Crippen LogP contribution < -0.4 is 15.5 Å². The molecule has 3 heterocycles. The molecule has 4 rings (SSSR count). The number of anilines is 4. The van der Waals surface area contributed by atoms with Crippen LogP contribution >= 0.6 is 0 Å². The number of aliphatic hydroxyl groups is 1. The molecule has 166 valence electrons. The zero-order valence-electron chi connectivity index (χ0n) is 18.2. The quantitative estimate of drug-likeness (QED) is 0.469. The summed E-state index contributed by atoms with van der Waals surface area (Å²) in [6.07, 6.45) is 7.63. The largest absolute Gasteiger partial charge is 0.394 e. The Kier molecular flexibility index (Phi) is 6.46.